The Morgan fingerprint density at radius 2 is 1.76 bits per heavy atom. The zero-order chi connectivity index (χ0) is 17.8. The predicted octanol–water partition coefficient (Wildman–Crippen LogP) is 7.01. The molecule has 0 fully saturated rings. The lowest BCUT2D eigenvalue weighted by Gasteiger charge is -2.20. The van der Waals surface area contributed by atoms with Gasteiger partial charge in [0, 0.05) is 39.5 Å². The molecular weight excluding hydrogens is 304 g/mol. The van der Waals surface area contributed by atoms with Gasteiger partial charge in [0.05, 0.1) is 6.08 Å². The quantitative estimate of drug-likeness (QED) is 0.438. The number of benzene rings is 2. The topological polar surface area (TPSA) is 13.1 Å². The summed E-state index contributed by atoms with van der Waals surface area (Å²) in [4.78, 5) is 0. The largest absolute Gasteiger partial charge is 0.445 e. The van der Waals surface area contributed by atoms with Crippen LogP contribution in [-0.4, -0.2) is 0 Å². The fourth-order valence-electron chi connectivity index (χ4n) is 3.64. The van der Waals surface area contributed by atoms with Crippen LogP contribution in [0.2, 0.25) is 0 Å². The van der Waals surface area contributed by atoms with Crippen molar-refractivity contribution in [2.45, 2.75) is 34.6 Å². The molecule has 1 aliphatic carbocycles. The van der Waals surface area contributed by atoms with E-state index in [0.29, 0.717) is 0 Å². The van der Waals surface area contributed by atoms with Crippen LogP contribution in [0.25, 0.3) is 27.5 Å². The molecule has 1 aliphatic rings. The molecule has 1 aromatic heterocycles. The first-order valence-corrected chi connectivity index (χ1v) is 8.79. The predicted molar refractivity (Wildman–Crippen MR) is 106 cm³/mol. The van der Waals surface area contributed by atoms with Gasteiger partial charge in [0.15, 0.2) is 11.2 Å². The minimum atomic E-state index is 0.104. The smallest absolute Gasteiger partial charge is 0.185 e. The van der Waals surface area contributed by atoms with E-state index >= 15 is 0 Å². The zero-order valence-corrected chi connectivity index (χ0v) is 15.5. The Kier molecular flexibility index (Phi) is 3.45. The van der Waals surface area contributed by atoms with Crippen molar-refractivity contribution in [3.05, 3.63) is 76.9 Å². The first kappa shape index (κ1) is 15.9. The molecule has 0 atom stereocenters. The number of hydrogen-bond acceptors (Lipinski definition) is 1. The van der Waals surface area contributed by atoms with Gasteiger partial charge in [-0.1, -0.05) is 39.0 Å². The summed E-state index contributed by atoms with van der Waals surface area (Å²) < 4.78 is 6.25. The van der Waals surface area contributed by atoms with Crippen LogP contribution >= 0.6 is 0 Å². The molecule has 0 bridgehead atoms. The third-order valence-corrected chi connectivity index (χ3v) is 4.91. The van der Waals surface area contributed by atoms with Gasteiger partial charge in [-0.25, -0.2) is 0 Å². The van der Waals surface area contributed by atoms with Crippen LogP contribution in [0.5, 0.6) is 0 Å². The van der Waals surface area contributed by atoms with Crippen LogP contribution in [0.3, 0.4) is 0 Å². The molecule has 25 heavy (non-hydrogen) atoms. The average molecular weight is 327 g/mol. The molecule has 124 valence electrons. The summed E-state index contributed by atoms with van der Waals surface area (Å²) in [5.74, 6) is 0. The number of fused-ring (bicyclic) bond motifs is 3. The van der Waals surface area contributed by atoms with Gasteiger partial charge in [-0.3, -0.25) is 0 Å². The van der Waals surface area contributed by atoms with E-state index in [9.17, 15) is 0 Å². The number of hydrogen-bond donors (Lipinski definition) is 0. The Morgan fingerprint density at radius 1 is 0.960 bits per heavy atom. The fraction of sp³-hybridized carbons (Fsp3) is 0.250. The third kappa shape index (κ3) is 2.62. The molecule has 2 aromatic carbocycles. The fourth-order valence-corrected chi connectivity index (χ4v) is 3.64. The lowest BCUT2D eigenvalue weighted by atomic mass is 9.79. The molecular formula is C24H23O+. The van der Waals surface area contributed by atoms with Crippen molar-refractivity contribution < 1.29 is 4.42 Å². The van der Waals surface area contributed by atoms with Crippen molar-refractivity contribution in [2.24, 2.45) is 5.41 Å². The molecule has 0 radical (unpaired) electrons. The van der Waals surface area contributed by atoms with Crippen LogP contribution in [0.4, 0.5) is 0 Å². The lowest BCUT2D eigenvalue weighted by Crippen LogP contribution is -2.11. The molecule has 0 amide bonds. The molecule has 0 saturated carbocycles. The van der Waals surface area contributed by atoms with Crippen LogP contribution < -0.4 is 0 Å². The van der Waals surface area contributed by atoms with Gasteiger partial charge in [0.2, 0.25) is 0 Å². The van der Waals surface area contributed by atoms with Crippen molar-refractivity contribution >= 4 is 27.5 Å². The van der Waals surface area contributed by atoms with Gasteiger partial charge in [0.25, 0.3) is 0 Å². The molecule has 3 aromatic rings. The maximum atomic E-state index is 6.25. The van der Waals surface area contributed by atoms with Crippen molar-refractivity contribution in [1.82, 2.24) is 0 Å². The Balaban J connectivity index is 1.96. The standard InChI is InChI=1S/C24H23O/c1-15-9-12-19-20-8-6-7-18(23(20)25-22(19)13-15)17-11-10-16(2)21(14-17)24(3,4)5/h6-10,12-14H,1-5H3/q+1. The van der Waals surface area contributed by atoms with E-state index in [0.717, 1.165) is 22.3 Å². The Morgan fingerprint density at radius 3 is 2.52 bits per heavy atom. The van der Waals surface area contributed by atoms with Crippen LogP contribution in [0, 0.1) is 18.4 Å². The Labute approximate surface area is 149 Å². The summed E-state index contributed by atoms with van der Waals surface area (Å²) in [6.45, 7) is 11.0. The highest BCUT2D eigenvalue weighted by Crippen LogP contribution is 2.39. The van der Waals surface area contributed by atoms with Gasteiger partial charge in [0.1, 0.15) is 11.1 Å². The molecule has 1 heterocycles. The summed E-state index contributed by atoms with van der Waals surface area (Å²) in [7, 11) is 0. The number of furan rings is 1. The van der Waals surface area contributed by atoms with Crippen LogP contribution in [0.15, 0.2) is 64.1 Å². The highest BCUT2D eigenvalue weighted by Gasteiger charge is 2.27. The summed E-state index contributed by atoms with van der Waals surface area (Å²) in [6, 6.07) is 12.8. The SMILES string of the molecule is CC1=C(C(C)(C)C)C=C(c2cccc3c2oc2cc(C)ccc23)[C+]=C1. The van der Waals surface area contributed by atoms with E-state index < -0.39 is 0 Å². The highest BCUT2D eigenvalue weighted by atomic mass is 16.3. The summed E-state index contributed by atoms with van der Waals surface area (Å²) in [5.41, 5.74) is 8.05. The molecule has 0 N–H and O–H groups in total. The van der Waals surface area contributed by atoms with Gasteiger partial charge in [-0.15, -0.1) is 0 Å². The van der Waals surface area contributed by atoms with Crippen LogP contribution in [-0.2, 0) is 0 Å². The molecule has 1 heteroatoms. The van der Waals surface area contributed by atoms with Gasteiger partial charge < -0.3 is 4.42 Å². The minimum absolute atomic E-state index is 0.104. The third-order valence-electron chi connectivity index (χ3n) is 4.91. The number of rotatable bonds is 1. The van der Waals surface area contributed by atoms with E-state index in [4.69, 9.17) is 4.42 Å². The Bertz CT molecular complexity index is 1080. The second-order valence-electron chi connectivity index (χ2n) is 7.98. The maximum absolute atomic E-state index is 6.25. The Hall–Kier alpha value is -2.63. The molecule has 0 aliphatic heterocycles. The molecule has 0 unspecified atom stereocenters. The summed E-state index contributed by atoms with van der Waals surface area (Å²) in [6.07, 6.45) is 7.82. The van der Waals surface area contributed by atoms with Crippen molar-refractivity contribution in [3.63, 3.8) is 0 Å². The number of aryl methyl sites for hydroxylation is 1. The number of para-hydroxylation sites is 1. The summed E-state index contributed by atoms with van der Waals surface area (Å²) >= 11 is 0. The van der Waals surface area contributed by atoms with Crippen LogP contribution in [0.1, 0.15) is 38.8 Å². The van der Waals surface area contributed by atoms with Crippen molar-refractivity contribution in [1.29, 1.82) is 0 Å². The average Bonchev–Trinajstić information content (AvgIpc) is 2.91. The monoisotopic (exact) mass is 327 g/mol. The number of allylic oxidation sites excluding steroid dienone is 6. The van der Waals surface area contributed by atoms with E-state index in [-0.39, 0.29) is 5.41 Å². The normalized spacial score (nSPS) is 15.0. The second-order valence-corrected chi connectivity index (χ2v) is 7.98. The summed E-state index contributed by atoms with van der Waals surface area (Å²) in [5, 5.41) is 2.34. The first-order chi connectivity index (χ1) is 11.8. The lowest BCUT2D eigenvalue weighted by molar-refractivity contribution is 0.513. The zero-order valence-electron chi connectivity index (χ0n) is 15.5. The highest BCUT2D eigenvalue weighted by molar-refractivity contribution is 6.08. The molecule has 0 spiro atoms. The maximum Gasteiger partial charge on any atom is 0.185 e. The van der Waals surface area contributed by atoms with E-state index in [2.05, 4.69) is 89.2 Å². The van der Waals surface area contributed by atoms with Crippen molar-refractivity contribution in [3.8, 4) is 0 Å². The van der Waals surface area contributed by atoms with Gasteiger partial charge in [-0.2, -0.15) is 0 Å². The molecule has 1 nitrogen and oxygen atoms in total. The minimum Gasteiger partial charge on any atom is -0.445 e. The van der Waals surface area contributed by atoms with Gasteiger partial charge in [-0.05, 0) is 37.6 Å². The first-order valence-electron chi connectivity index (χ1n) is 8.79. The van der Waals surface area contributed by atoms with Crippen molar-refractivity contribution in [2.75, 3.05) is 0 Å². The molecule has 0 saturated heterocycles. The van der Waals surface area contributed by atoms with Gasteiger partial charge >= 0.3 is 0 Å². The van der Waals surface area contributed by atoms with E-state index in [1.165, 1.54) is 27.5 Å². The van der Waals surface area contributed by atoms with E-state index in [1.807, 2.05) is 0 Å². The molecule has 4 rings (SSSR count). The van der Waals surface area contributed by atoms with E-state index in [1.54, 1.807) is 0 Å². The second kappa shape index (κ2) is 5.44.